The number of fused-ring (bicyclic) bond motifs is 1. The molecule has 146 valence electrons. The summed E-state index contributed by atoms with van der Waals surface area (Å²) in [5.74, 6) is 0.133. The monoisotopic (exact) mass is 383 g/mol. The number of nitrogens with two attached hydrogens (primary N) is 1. The summed E-state index contributed by atoms with van der Waals surface area (Å²) in [5.41, 5.74) is 7.11. The first-order chi connectivity index (χ1) is 13.6. The number of morpholine rings is 1. The molecule has 1 aromatic carbocycles. The zero-order chi connectivity index (χ0) is 19.1. The standard InChI is InChI=1S/C19H22FN7O/c20-15-11-23-18(26-6-3-19(4-7-26)12-22-5-8-28-19)25-17(15)27-16-2-1-14(21)9-13(16)10-24-27/h1-2,9-11,22H,3-8,12,21H2. The summed E-state index contributed by atoms with van der Waals surface area (Å²) >= 11 is 0. The molecule has 2 aliphatic rings. The minimum atomic E-state index is -0.515. The van der Waals surface area contributed by atoms with E-state index in [2.05, 4.69) is 25.3 Å². The van der Waals surface area contributed by atoms with Gasteiger partial charge >= 0.3 is 0 Å². The summed E-state index contributed by atoms with van der Waals surface area (Å²) in [6.45, 7) is 4.05. The fourth-order valence-electron chi connectivity index (χ4n) is 4.01. The van der Waals surface area contributed by atoms with E-state index in [0.717, 1.165) is 56.5 Å². The Balaban J connectivity index is 1.43. The number of nitrogens with zero attached hydrogens (tertiary/aromatic N) is 5. The summed E-state index contributed by atoms with van der Waals surface area (Å²) in [6.07, 6.45) is 4.65. The van der Waals surface area contributed by atoms with Crippen LogP contribution in [-0.2, 0) is 4.74 Å². The molecule has 5 rings (SSSR count). The Hall–Kier alpha value is -2.78. The summed E-state index contributed by atoms with van der Waals surface area (Å²) in [7, 11) is 0. The molecule has 0 aliphatic carbocycles. The van der Waals surface area contributed by atoms with Gasteiger partial charge in [-0.3, -0.25) is 0 Å². The highest BCUT2D eigenvalue weighted by Gasteiger charge is 2.37. The normalized spacial score (nSPS) is 19.4. The van der Waals surface area contributed by atoms with E-state index in [1.807, 2.05) is 6.07 Å². The van der Waals surface area contributed by atoms with Crippen LogP contribution >= 0.6 is 0 Å². The van der Waals surface area contributed by atoms with Crippen molar-refractivity contribution < 1.29 is 9.13 Å². The van der Waals surface area contributed by atoms with Crippen LogP contribution in [0.1, 0.15) is 12.8 Å². The number of nitrogen functional groups attached to an aromatic ring is 1. The molecule has 28 heavy (non-hydrogen) atoms. The predicted molar refractivity (Wildman–Crippen MR) is 104 cm³/mol. The van der Waals surface area contributed by atoms with E-state index >= 15 is 0 Å². The van der Waals surface area contributed by atoms with Gasteiger partial charge in [0.05, 0.1) is 30.1 Å². The lowest BCUT2D eigenvalue weighted by Crippen LogP contribution is -2.55. The van der Waals surface area contributed by atoms with Crippen LogP contribution in [0.3, 0.4) is 0 Å². The van der Waals surface area contributed by atoms with Crippen LogP contribution in [0, 0.1) is 5.82 Å². The minimum absolute atomic E-state index is 0.101. The second kappa shape index (κ2) is 6.68. The van der Waals surface area contributed by atoms with Crippen LogP contribution in [0.4, 0.5) is 16.0 Å². The van der Waals surface area contributed by atoms with Crippen LogP contribution < -0.4 is 16.0 Å². The Morgan fingerprint density at radius 3 is 2.86 bits per heavy atom. The Kier molecular flexibility index (Phi) is 4.13. The number of anilines is 2. The van der Waals surface area contributed by atoms with Crippen LogP contribution in [0.25, 0.3) is 16.7 Å². The van der Waals surface area contributed by atoms with Gasteiger partial charge in [0.25, 0.3) is 0 Å². The zero-order valence-corrected chi connectivity index (χ0v) is 15.4. The molecule has 9 heteroatoms. The lowest BCUT2D eigenvalue weighted by molar-refractivity contribution is -0.0800. The maximum atomic E-state index is 14.5. The SMILES string of the molecule is Nc1ccc2c(cnn2-c2nc(N3CCC4(CC3)CNCCO4)ncc2F)c1. The molecule has 0 radical (unpaired) electrons. The third kappa shape index (κ3) is 2.96. The molecule has 0 amide bonds. The Morgan fingerprint density at radius 2 is 2.07 bits per heavy atom. The van der Waals surface area contributed by atoms with Crippen molar-refractivity contribution in [2.45, 2.75) is 18.4 Å². The Labute approximate surface area is 161 Å². The molecular weight excluding hydrogens is 361 g/mol. The van der Waals surface area contributed by atoms with Gasteiger partial charge in [0.2, 0.25) is 5.95 Å². The molecular formula is C19H22FN7O. The predicted octanol–water partition coefficient (Wildman–Crippen LogP) is 1.50. The largest absolute Gasteiger partial charge is 0.399 e. The van der Waals surface area contributed by atoms with Crippen molar-refractivity contribution in [3.8, 4) is 5.82 Å². The number of benzene rings is 1. The van der Waals surface area contributed by atoms with E-state index in [0.29, 0.717) is 11.6 Å². The number of hydrogen-bond donors (Lipinski definition) is 2. The molecule has 1 spiro atoms. The fraction of sp³-hybridized carbons (Fsp3) is 0.421. The van der Waals surface area contributed by atoms with Crippen molar-refractivity contribution in [3.05, 3.63) is 36.4 Å². The number of rotatable bonds is 2. The highest BCUT2D eigenvalue weighted by Crippen LogP contribution is 2.29. The van der Waals surface area contributed by atoms with Gasteiger partial charge in [0.15, 0.2) is 11.6 Å². The average molecular weight is 383 g/mol. The topological polar surface area (TPSA) is 94.1 Å². The molecule has 2 saturated heterocycles. The van der Waals surface area contributed by atoms with E-state index in [9.17, 15) is 4.39 Å². The van der Waals surface area contributed by atoms with E-state index in [4.69, 9.17) is 10.5 Å². The number of hydrogen-bond acceptors (Lipinski definition) is 7. The lowest BCUT2D eigenvalue weighted by atomic mass is 9.90. The molecule has 0 saturated carbocycles. The van der Waals surface area contributed by atoms with Crippen LogP contribution in [0.2, 0.25) is 0 Å². The van der Waals surface area contributed by atoms with Gasteiger partial charge in [-0.2, -0.15) is 10.1 Å². The van der Waals surface area contributed by atoms with Crippen molar-refractivity contribution in [2.75, 3.05) is 43.4 Å². The van der Waals surface area contributed by atoms with E-state index in [-0.39, 0.29) is 11.4 Å². The van der Waals surface area contributed by atoms with Gasteiger partial charge in [0.1, 0.15) is 0 Å². The minimum Gasteiger partial charge on any atom is -0.399 e. The highest BCUT2D eigenvalue weighted by molar-refractivity contribution is 5.83. The molecule has 0 bridgehead atoms. The third-order valence-corrected chi connectivity index (χ3v) is 5.60. The van der Waals surface area contributed by atoms with Crippen molar-refractivity contribution in [1.82, 2.24) is 25.1 Å². The molecule has 3 N–H and O–H groups in total. The van der Waals surface area contributed by atoms with E-state index in [1.54, 1.807) is 18.3 Å². The maximum absolute atomic E-state index is 14.5. The molecule has 0 unspecified atom stereocenters. The molecule has 2 fully saturated rings. The van der Waals surface area contributed by atoms with Crippen molar-refractivity contribution in [2.24, 2.45) is 0 Å². The summed E-state index contributed by atoms with van der Waals surface area (Å²) in [6, 6.07) is 5.39. The molecule has 0 atom stereocenters. The van der Waals surface area contributed by atoms with Crippen LogP contribution in [-0.4, -0.2) is 58.1 Å². The second-order valence-corrected chi connectivity index (χ2v) is 7.41. The van der Waals surface area contributed by atoms with Gasteiger partial charge < -0.3 is 20.7 Å². The first-order valence-corrected chi connectivity index (χ1v) is 9.49. The highest BCUT2D eigenvalue weighted by atomic mass is 19.1. The quantitative estimate of drug-likeness (QED) is 0.648. The maximum Gasteiger partial charge on any atom is 0.227 e. The van der Waals surface area contributed by atoms with Gasteiger partial charge in [0, 0.05) is 37.3 Å². The third-order valence-electron chi connectivity index (χ3n) is 5.60. The summed E-state index contributed by atoms with van der Waals surface area (Å²) in [5, 5.41) is 8.55. The number of piperidine rings is 1. The first kappa shape index (κ1) is 17.3. The van der Waals surface area contributed by atoms with Gasteiger partial charge in [-0.1, -0.05) is 0 Å². The molecule has 2 aliphatic heterocycles. The zero-order valence-electron chi connectivity index (χ0n) is 15.4. The Bertz CT molecular complexity index is 1000. The van der Waals surface area contributed by atoms with Gasteiger partial charge in [-0.15, -0.1) is 0 Å². The number of ether oxygens (including phenoxy) is 1. The molecule has 8 nitrogen and oxygen atoms in total. The van der Waals surface area contributed by atoms with E-state index in [1.165, 1.54) is 10.9 Å². The summed E-state index contributed by atoms with van der Waals surface area (Å²) < 4.78 is 22.1. The molecule has 4 heterocycles. The molecule has 3 aromatic rings. The number of halogens is 1. The van der Waals surface area contributed by atoms with Crippen molar-refractivity contribution in [1.29, 1.82) is 0 Å². The summed E-state index contributed by atoms with van der Waals surface area (Å²) in [4.78, 5) is 10.8. The first-order valence-electron chi connectivity index (χ1n) is 9.49. The second-order valence-electron chi connectivity index (χ2n) is 7.41. The van der Waals surface area contributed by atoms with Crippen LogP contribution in [0.15, 0.2) is 30.6 Å². The smallest absolute Gasteiger partial charge is 0.227 e. The lowest BCUT2D eigenvalue weighted by Gasteiger charge is -2.44. The fourth-order valence-corrected chi connectivity index (χ4v) is 4.01. The van der Waals surface area contributed by atoms with Crippen molar-refractivity contribution >= 4 is 22.5 Å². The average Bonchev–Trinajstić information content (AvgIpc) is 3.12. The number of aromatic nitrogens is 4. The van der Waals surface area contributed by atoms with E-state index < -0.39 is 5.82 Å². The van der Waals surface area contributed by atoms with Gasteiger partial charge in [-0.05, 0) is 31.0 Å². The Morgan fingerprint density at radius 1 is 1.21 bits per heavy atom. The molecule has 2 aromatic heterocycles. The van der Waals surface area contributed by atoms with Crippen LogP contribution in [0.5, 0.6) is 0 Å². The van der Waals surface area contributed by atoms with Crippen molar-refractivity contribution in [3.63, 3.8) is 0 Å². The van der Waals surface area contributed by atoms with Gasteiger partial charge in [-0.25, -0.2) is 14.1 Å². The number of nitrogens with one attached hydrogen (secondary N) is 1.